The summed E-state index contributed by atoms with van der Waals surface area (Å²) in [5.41, 5.74) is 6.84. The second-order valence-corrected chi connectivity index (χ2v) is 5.38. The summed E-state index contributed by atoms with van der Waals surface area (Å²) in [5, 5.41) is 7.40. The molecule has 0 spiro atoms. The third-order valence-electron chi connectivity index (χ3n) is 3.28. The van der Waals surface area contributed by atoms with Gasteiger partial charge in [0.05, 0.1) is 0 Å². The SMILES string of the molecule is CSc1ccc(CN2CCN(C(=N)N)CC2)cc1. The molecule has 3 N–H and O–H groups in total. The standard InChI is InChI=1S/C13H20N4S/c1-18-12-4-2-11(3-5-12)10-16-6-8-17(9-7-16)13(14)15/h2-5H,6-10H2,1H3,(H3,14,15). The molecule has 18 heavy (non-hydrogen) atoms. The highest BCUT2D eigenvalue weighted by molar-refractivity contribution is 7.98. The minimum absolute atomic E-state index is 0.193. The molecule has 2 rings (SSSR count). The van der Waals surface area contributed by atoms with Crippen molar-refractivity contribution < 1.29 is 0 Å². The van der Waals surface area contributed by atoms with Gasteiger partial charge in [-0.05, 0) is 24.0 Å². The number of nitrogens with zero attached hydrogens (tertiary/aromatic N) is 2. The van der Waals surface area contributed by atoms with Crippen molar-refractivity contribution in [3.05, 3.63) is 29.8 Å². The number of thioether (sulfide) groups is 1. The molecule has 4 nitrogen and oxygen atoms in total. The van der Waals surface area contributed by atoms with Crippen molar-refractivity contribution in [2.24, 2.45) is 5.73 Å². The summed E-state index contributed by atoms with van der Waals surface area (Å²) in [6.07, 6.45) is 2.09. The van der Waals surface area contributed by atoms with Gasteiger partial charge >= 0.3 is 0 Å². The van der Waals surface area contributed by atoms with E-state index >= 15 is 0 Å². The second-order valence-electron chi connectivity index (χ2n) is 4.50. The van der Waals surface area contributed by atoms with Crippen LogP contribution in [0.1, 0.15) is 5.56 Å². The molecular weight excluding hydrogens is 244 g/mol. The molecule has 1 aliphatic heterocycles. The average molecular weight is 264 g/mol. The molecule has 98 valence electrons. The van der Waals surface area contributed by atoms with Crippen LogP contribution in [-0.2, 0) is 6.54 Å². The molecule has 0 atom stereocenters. The molecule has 0 aromatic heterocycles. The van der Waals surface area contributed by atoms with E-state index in [0.717, 1.165) is 32.7 Å². The lowest BCUT2D eigenvalue weighted by Crippen LogP contribution is -2.50. The summed E-state index contributed by atoms with van der Waals surface area (Å²) < 4.78 is 0. The van der Waals surface area contributed by atoms with Crippen molar-refractivity contribution in [2.75, 3.05) is 32.4 Å². The Bertz CT molecular complexity index is 396. The number of piperazine rings is 1. The largest absolute Gasteiger partial charge is 0.370 e. The molecule has 0 unspecified atom stereocenters. The zero-order valence-corrected chi connectivity index (χ0v) is 11.5. The van der Waals surface area contributed by atoms with Crippen molar-refractivity contribution in [3.63, 3.8) is 0 Å². The maximum Gasteiger partial charge on any atom is 0.188 e. The predicted octanol–water partition coefficient (Wildman–Crippen LogP) is 1.42. The molecule has 0 saturated carbocycles. The number of rotatable bonds is 3. The third-order valence-corrected chi connectivity index (χ3v) is 4.02. The summed E-state index contributed by atoms with van der Waals surface area (Å²) in [6.45, 7) is 4.66. The van der Waals surface area contributed by atoms with E-state index in [0.29, 0.717) is 0 Å². The van der Waals surface area contributed by atoms with E-state index in [-0.39, 0.29) is 5.96 Å². The molecule has 0 bridgehead atoms. The highest BCUT2D eigenvalue weighted by Crippen LogP contribution is 2.16. The number of hydrogen-bond donors (Lipinski definition) is 2. The summed E-state index contributed by atoms with van der Waals surface area (Å²) in [6, 6.07) is 8.74. The van der Waals surface area contributed by atoms with Crippen LogP contribution in [0.25, 0.3) is 0 Å². The highest BCUT2D eigenvalue weighted by Gasteiger charge is 2.17. The van der Waals surface area contributed by atoms with Gasteiger partial charge in [0.25, 0.3) is 0 Å². The summed E-state index contributed by atoms with van der Waals surface area (Å²) in [5.74, 6) is 0.193. The molecule has 0 aliphatic carbocycles. The number of hydrogen-bond acceptors (Lipinski definition) is 3. The van der Waals surface area contributed by atoms with Crippen molar-refractivity contribution in [2.45, 2.75) is 11.4 Å². The van der Waals surface area contributed by atoms with Gasteiger partial charge in [-0.3, -0.25) is 10.3 Å². The Morgan fingerprint density at radius 3 is 2.33 bits per heavy atom. The predicted molar refractivity (Wildman–Crippen MR) is 77.0 cm³/mol. The maximum absolute atomic E-state index is 7.40. The van der Waals surface area contributed by atoms with Crippen LogP contribution in [-0.4, -0.2) is 48.2 Å². The molecule has 1 aromatic rings. The van der Waals surface area contributed by atoms with Crippen molar-refractivity contribution in [3.8, 4) is 0 Å². The molecule has 1 aromatic carbocycles. The first-order chi connectivity index (χ1) is 8.69. The summed E-state index contributed by atoms with van der Waals surface area (Å²) >= 11 is 1.77. The van der Waals surface area contributed by atoms with E-state index in [9.17, 15) is 0 Å². The molecule has 1 aliphatic rings. The molecule has 0 amide bonds. The van der Waals surface area contributed by atoms with Gasteiger partial charge in [0.2, 0.25) is 0 Å². The first-order valence-electron chi connectivity index (χ1n) is 6.13. The first kappa shape index (κ1) is 13.2. The van der Waals surface area contributed by atoms with E-state index in [1.54, 1.807) is 11.8 Å². The van der Waals surface area contributed by atoms with E-state index in [2.05, 4.69) is 35.4 Å². The van der Waals surface area contributed by atoms with Crippen LogP contribution in [0, 0.1) is 5.41 Å². The van der Waals surface area contributed by atoms with E-state index in [1.807, 2.05) is 4.90 Å². The third kappa shape index (κ3) is 3.40. The second kappa shape index (κ2) is 6.11. The van der Waals surface area contributed by atoms with Gasteiger partial charge in [-0.25, -0.2) is 0 Å². The normalized spacial score (nSPS) is 16.8. The molecule has 1 heterocycles. The lowest BCUT2D eigenvalue weighted by atomic mass is 10.2. The molecule has 5 heteroatoms. The van der Waals surface area contributed by atoms with Crippen LogP contribution in [0.5, 0.6) is 0 Å². The van der Waals surface area contributed by atoms with Gasteiger partial charge in [0.15, 0.2) is 5.96 Å². The van der Waals surface area contributed by atoms with Crippen LogP contribution in [0.15, 0.2) is 29.2 Å². The fourth-order valence-electron chi connectivity index (χ4n) is 2.14. The first-order valence-corrected chi connectivity index (χ1v) is 7.36. The Morgan fingerprint density at radius 1 is 1.22 bits per heavy atom. The fraction of sp³-hybridized carbons (Fsp3) is 0.462. The van der Waals surface area contributed by atoms with E-state index in [4.69, 9.17) is 11.1 Å². The fourth-order valence-corrected chi connectivity index (χ4v) is 2.54. The van der Waals surface area contributed by atoms with Gasteiger partial charge in [-0.1, -0.05) is 12.1 Å². The minimum atomic E-state index is 0.193. The van der Waals surface area contributed by atoms with Crippen molar-refractivity contribution in [1.82, 2.24) is 9.80 Å². The Morgan fingerprint density at radius 2 is 1.83 bits per heavy atom. The van der Waals surface area contributed by atoms with Gasteiger partial charge in [0.1, 0.15) is 0 Å². The summed E-state index contributed by atoms with van der Waals surface area (Å²) in [7, 11) is 0. The van der Waals surface area contributed by atoms with Crippen LogP contribution >= 0.6 is 11.8 Å². The highest BCUT2D eigenvalue weighted by atomic mass is 32.2. The quantitative estimate of drug-likeness (QED) is 0.492. The van der Waals surface area contributed by atoms with Gasteiger partial charge < -0.3 is 10.6 Å². The van der Waals surface area contributed by atoms with E-state index in [1.165, 1.54) is 10.5 Å². The smallest absolute Gasteiger partial charge is 0.188 e. The van der Waals surface area contributed by atoms with Gasteiger partial charge in [0, 0.05) is 37.6 Å². The van der Waals surface area contributed by atoms with Crippen LogP contribution in [0.4, 0.5) is 0 Å². The molecule has 0 radical (unpaired) electrons. The van der Waals surface area contributed by atoms with Crippen LogP contribution in [0.3, 0.4) is 0 Å². The zero-order valence-electron chi connectivity index (χ0n) is 10.7. The Labute approximate surface area is 113 Å². The minimum Gasteiger partial charge on any atom is -0.370 e. The Hall–Kier alpha value is -1.20. The number of nitrogens with two attached hydrogens (primary N) is 1. The lowest BCUT2D eigenvalue weighted by Gasteiger charge is -2.34. The van der Waals surface area contributed by atoms with Gasteiger partial charge in [-0.15, -0.1) is 11.8 Å². The van der Waals surface area contributed by atoms with Crippen molar-refractivity contribution in [1.29, 1.82) is 5.41 Å². The molecular formula is C13H20N4S. The number of nitrogens with one attached hydrogen (secondary N) is 1. The Kier molecular flexibility index (Phi) is 4.49. The van der Waals surface area contributed by atoms with E-state index < -0.39 is 0 Å². The Balaban J connectivity index is 1.85. The van der Waals surface area contributed by atoms with Crippen LogP contribution < -0.4 is 5.73 Å². The monoisotopic (exact) mass is 264 g/mol. The summed E-state index contributed by atoms with van der Waals surface area (Å²) in [4.78, 5) is 5.64. The number of benzene rings is 1. The molecule has 1 fully saturated rings. The average Bonchev–Trinajstić information content (AvgIpc) is 2.40. The lowest BCUT2D eigenvalue weighted by molar-refractivity contribution is 0.174. The molecule has 1 saturated heterocycles. The number of guanidine groups is 1. The van der Waals surface area contributed by atoms with Gasteiger partial charge in [-0.2, -0.15) is 0 Å². The topological polar surface area (TPSA) is 56.4 Å². The van der Waals surface area contributed by atoms with Crippen molar-refractivity contribution >= 4 is 17.7 Å². The maximum atomic E-state index is 7.40. The zero-order chi connectivity index (χ0) is 13.0. The van der Waals surface area contributed by atoms with Crippen LogP contribution in [0.2, 0.25) is 0 Å².